The third kappa shape index (κ3) is 5.49. The van der Waals surface area contributed by atoms with Crippen LogP contribution in [-0.2, 0) is 17.8 Å². The first-order chi connectivity index (χ1) is 13.1. The molecule has 1 fully saturated rings. The number of anilines is 1. The van der Waals surface area contributed by atoms with Crippen LogP contribution < -0.4 is 10.2 Å². The number of amides is 1. The molecule has 1 saturated carbocycles. The van der Waals surface area contributed by atoms with Gasteiger partial charge < -0.3 is 15.3 Å². The first-order valence-electron chi connectivity index (χ1n) is 9.99. The zero-order chi connectivity index (χ0) is 19.1. The summed E-state index contributed by atoms with van der Waals surface area (Å²) >= 11 is 0. The quantitative estimate of drug-likeness (QED) is 0.763. The predicted octanol–water partition coefficient (Wildman–Crippen LogP) is 4.41. The number of para-hydroxylation sites is 1. The summed E-state index contributed by atoms with van der Waals surface area (Å²) in [6, 6.07) is 16.3. The summed E-state index contributed by atoms with van der Waals surface area (Å²) in [4.78, 5) is 14.5. The van der Waals surface area contributed by atoms with E-state index in [1.54, 1.807) is 12.1 Å². The van der Waals surface area contributed by atoms with Gasteiger partial charge in [-0.05, 0) is 48.6 Å². The lowest BCUT2D eigenvalue weighted by atomic mass is 9.94. The Bertz CT molecular complexity index is 736. The van der Waals surface area contributed by atoms with Gasteiger partial charge in [-0.3, -0.25) is 4.79 Å². The SMILES string of the molecule is CN(c1ccc(CNC(=O)CCc2ccccc2O)cc1)C1CCCCC1. The fourth-order valence-electron chi connectivity index (χ4n) is 3.79. The van der Waals surface area contributed by atoms with Crippen molar-refractivity contribution in [1.82, 2.24) is 5.32 Å². The van der Waals surface area contributed by atoms with Crippen LogP contribution in [0.1, 0.15) is 49.7 Å². The van der Waals surface area contributed by atoms with Gasteiger partial charge in [0.1, 0.15) is 5.75 Å². The van der Waals surface area contributed by atoms with Crippen LogP contribution in [0.25, 0.3) is 0 Å². The maximum Gasteiger partial charge on any atom is 0.220 e. The predicted molar refractivity (Wildman–Crippen MR) is 110 cm³/mol. The Morgan fingerprint density at radius 2 is 1.78 bits per heavy atom. The first-order valence-corrected chi connectivity index (χ1v) is 9.99. The molecule has 3 rings (SSSR count). The molecule has 0 unspecified atom stereocenters. The number of hydrogen-bond acceptors (Lipinski definition) is 3. The van der Waals surface area contributed by atoms with E-state index in [1.165, 1.54) is 37.8 Å². The molecule has 27 heavy (non-hydrogen) atoms. The third-order valence-electron chi connectivity index (χ3n) is 5.57. The van der Waals surface area contributed by atoms with Gasteiger partial charge in [-0.15, -0.1) is 0 Å². The summed E-state index contributed by atoms with van der Waals surface area (Å²) in [6.07, 6.45) is 7.52. The molecule has 1 aliphatic rings. The minimum Gasteiger partial charge on any atom is -0.508 e. The molecule has 0 aromatic heterocycles. The van der Waals surface area contributed by atoms with Crippen molar-refractivity contribution < 1.29 is 9.90 Å². The van der Waals surface area contributed by atoms with Crippen LogP contribution in [0.4, 0.5) is 5.69 Å². The number of rotatable bonds is 7. The summed E-state index contributed by atoms with van der Waals surface area (Å²) in [6.45, 7) is 0.535. The van der Waals surface area contributed by atoms with E-state index in [2.05, 4.69) is 41.5 Å². The molecule has 0 aliphatic heterocycles. The molecule has 0 heterocycles. The van der Waals surface area contributed by atoms with E-state index in [-0.39, 0.29) is 11.7 Å². The Morgan fingerprint density at radius 1 is 1.07 bits per heavy atom. The minimum absolute atomic E-state index is 0.00153. The highest BCUT2D eigenvalue weighted by Gasteiger charge is 2.18. The second kappa shape index (κ2) is 9.45. The first kappa shape index (κ1) is 19.3. The number of nitrogens with zero attached hydrogens (tertiary/aromatic N) is 1. The van der Waals surface area contributed by atoms with Crippen molar-refractivity contribution in [2.75, 3.05) is 11.9 Å². The van der Waals surface area contributed by atoms with Crippen molar-refractivity contribution in [3.63, 3.8) is 0 Å². The molecule has 2 aromatic carbocycles. The number of phenols is 1. The highest BCUT2D eigenvalue weighted by Crippen LogP contribution is 2.26. The van der Waals surface area contributed by atoms with Gasteiger partial charge in [0, 0.05) is 31.7 Å². The van der Waals surface area contributed by atoms with Gasteiger partial charge in [-0.2, -0.15) is 0 Å². The van der Waals surface area contributed by atoms with Crippen molar-refractivity contribution >= 4 is 11.6 Å². The lowest BCUT2D eigenvalue weighted by molar-refractivity contribution is -0.121. The van der Waals surface area contributed by atoms with Crippen molar-refractivity contribution in [2.24, 2.45) is 0 Å². The average Bonchev–Trinajstić information content (AvgIpc) is 2.72. The van der Waals surface area contributed by atoms with Crippen molar-refractivity contribution in [3.8, 4) is 5.75 Å². The number of phenolic OH excluding ortho intramolecular Hbond substituents is 1. The Morgan fingerprint density at radius 3 is 2.48 bits per heavy atom. The van der Waals surface area contributed by atoms with Crippen LogP contribution in [0.2, 0.25) is 0 Å². The molecule has 144 valence electrons. The van der Waals surface area contributed by atoms with Crippen LogP contribution >= 0.6 is 0 Å². The van der Waals surface area contributed by atoms with Crippen molar-refractivity contribution in [2.45, 2.75) is 57.5 Å². The number of benzene rings is 2. The highest BCUT2D eigenvalue weighted by atomic mass is 16.3. The third-order valence-corrected chi connectivity index (χ3v) is 5.57. The number of carbonyl (C=O) groups is 1. The fraction of sp³-hybridized carbons (Fsp3) is 0.435. The van der Waals surface area contributed by atoms with Gasteiger partial charge in [-0.25, -0.2) is 0 Å². The van der Waals surface area contributed by atoms with E-state index in [9.17, 15) is 9.90 Å². The van der Waals surface area contributed by atoms with Gasteiger partial charge in [0.15, 0.2) is 0 Å². The zero-order valence-corrected chi connectivity index (χ0v) is 16.2. The van der Waals surface area contributed by atoms with Crippen molar-refractivity contribution in [1.29, 1.82) is 0 Å². The van der Waals surface area contributed by atoms with Crippen LogP contribution in [-0.4, -0.2) is 24.1 Å². The lowest BCUT2D eigenvalue weighted by Crippen LogP contribution is -2.33. The van der Waals surface area contributed by atoms with Crippen molar-refractivity contribution in [3.05, 3.63) is 59.7 Å². The largest absolute Gasteiger partial charge is 0.508 e. The minimum atomic E-state index is 0.00153. The molecule has 1 aliphatic carbocycles. The molecular formula is C23H30N2O2. The Labute approximate surface area is 162 Å². The Hall–Kier alpha value is -2.49. The van der Waals surface area contributed by atoms with Crippen LogP contribution in [0.5, 0.6) is 5.75 Å². The van der Waals surface area contributed by atoms with E-state index in [0.29, 0.717) is 25.4 Å². The molecule has 0 bridgehead atoms. The maximum absolute atomic E-state index is 12.1. The number of hydrogen-bond donors (Lipinski definition) is 2. The second-order valence-corrected chi connectivity index (χ2v) is 7.47. The molecule has 0 saturated heterocycles. The monoisotopic (exact) mass is 366 g/mol. The van der Waals surface area contributed by atoms with Crippen LogP contribution in [0, 0.1) is 0 Å². The second-order valence-electron chi connectivity index (χ2n) is 7.47. The summed E-state index contributed by atoms with van der Waals surface area (Å²) in [7, 11) is 2.19. The number of aromatic hydroxyl groups is 1. The molecular weight excluding hydrogens is 336 g/mol. The fourth-order valence-corrected chi connectivity index (χ4v) is 3.79. The van der Waals surface area contributed by atoms with Gasteiger partial charge in [-0.1, -0.05) is 49.6 Å². The standard InChI is InChI=1S/C23H30N2O2/c1-25(20-8-3-2-4-9-20)21-14-11-18(12-15-21)17-24-23(27)16-13-19-7-5-6-10-22(19)26/h5-7,10-12,14-15,20,26H,2-4,8-9,13,16-17H2,1H3,(H,24,27). The van der Waals surface area contributed by atoms with Crippen LogP contribution in [0.3, 0.4) is 0 Å². The normalized spacial score (nSPS) is 14.7. The highest BCUT2D eigenvalue weighted by molar-refractivity contribution is 5.76. The Balaban J connectivity index is 1.45. The van der Waals surface area contributed by atoms with Gasteiger partial charge in [0.2, 0.25) is 5.91 Å². The molecule has 0 atom stereocenters. The van der Waals surface area contributed by atoms with Crippen LogP contribution in [0.15, 0.2) is 48.5 Å². The molecule has 4 heteroatoms. The van der Waals surface area contributed by atoms with E-state index in [1.807, 2.05) is 12.1 Å². The zero-order valence-electron chi connectivity index (χ0n) is 16.2. The molecule has 1 amide bonds. The molecule has 2 N–H and O–H groups in total. The van der Waals surface area contributed by atoms with E-state index in [0.717, 1.165) is 11.1 Å². The summed E-state index contributed by atoms with van der Waals surface area (Å²) < 4.78 is 0. The number of nitrogens with one attached hydrogen (secondary N) is 1. The molecule has 0 spiro atoms. The lowest BCUT2D eigenvalue weighted by Gasteiger charge is -2.33. The van der Waals surface area contributed by atoms with E-state index >= 15 is 0 Å². The summed E-state index contributed by atoms with van der Waals surface area (Å²) in [5, 5.41) is 12.7. The van der Waals surface area contributed by atoms with E-state index in [4.69, 9.17) is 0 Å². The van der Waals surface area contributed by atoms with E-state index < -0.39 is 0 Å². The van der Waals surface area contributed by atoms with Gasteiger partial charge in [0.25, 0.3) is 0 Å². The smallest absolute Gasteiger partial charge is 0.220 e. The number of aryl methyl sites for hydroxylation is 1. The van der Waals surface area contributed by atoms with Gasteiger partial charge >= 0.3 is 0 Å². The Kier molecular flexibility index (Phi) is 6.74. The summed E-state index contributed by atoms with van der Waals surface area (Å²) in [5.74, 6) is 0.254. The molecule has 4 nitrogen and oxygen atoms in total. The molecule has 0 radical (unpaired) electrons. The van der Waals surface area contributed by atoms with Gasteiger partial charge in [0.05, 0.1) is 0 Å². The maximum atomic E-state index is 12.1. The summed E-state index contributed by atoms with van der Waals surface area (Å²) in [5.41, 5.74) is 3.16. The molecule has 2 aromatic rings. The number of carbonyl (C=O) groups excluding carboxylic acids is 1. The average molecular weight is 367 g/mol. The topological polar surface area (TPSA) is 52.6 Å².